The minimum Gasteiger partial charge on any atom is -0.506 e. The molecule has 4 heteroatoms. The number of pyridine rings is 1. The number of nitrogens with zero attached hydrogens (tertiary/aromatic N) is 1. The van der Waals surface area contributed by atoms with Crippen molar-refractivity contribution < 1.29 is 19.2 Å². The maximum Gasteiger partial charge on any atom is 0.334 e. The van der Waals surface area contributed by atoms with E-state index in [2.05, 4.69) is 4.74 Å². The Labute approximate surface area is 88.4 Å². The third-order valence-electron chi connectivity index (χ3n) is 1.69. The van der Waals surface area contributed by atoms with E-state index in [9.17, 15) is 9.90 Å². The normalized spacial score (nSPS) is 11.1. The van der Waals surface area contributed by atoms with Crippen LogP contribution in [-0.4, -0.2) is 17.7 Å². The van der Waals surface area contributed by atoms with Gasteiger partial charge in [0, 0.05) is 12.1 Å². The van der Waals surface area contributed by atoms with Crippen LogP contribution in [0, 0.1) is 0 Å². The summed E-state index contributed by atoms with van der Waals surface area (Å²) in [5, 5.41) is 9.44. The first-order valence-corrected chi connectivity index (χ1v) is 4.72. The lowest BCUT2D eigenvalue weighted by molar-refractivity contribution is -0.691. The smallest absolute Gasteiger partial charge is 0.334 e. The van der Waals surface area contributed by atoms with Crippen molar-refractivity contribution in [3.8, 4) is 0 Å². The van der Waals surface area contributed by atoms with Crippen LogP contribution in [0.5, 0.6) is 0 Å². The zero-order chi connectivity index (χ0) is 11.1. The quantitative estimate of drug-likeness (QED) is 0.347. The van der Waals surface area contributed by atoms with Gasteiger partial charge in [-0.25, -0.2) is 4.79 Å². The lowest BCUT2D eigenvalue weighted by Gasteiger charge is -1.97. The largest absolute Gasteiger partial charge is 0.506 e. The molecule has 4 nitrogen and oxygen atoms in total. The van der Waals surface area contributed by atoms with Gasteiger partial charge in [-0.15, -0.1) is 0 Å². The highest BCUT2D eigenvalue weighted by Crippen LogP contribution is 1.91. The Morgan fingerprint density at radius 2 is 2.07 bits per heavy atom. The summed E-state index contributed by atoms with van der Waals surface area (Å²) in [6.45, 7) is 2.29. The van der Waals surface area contributed by atoms with Gasteiger partial charge in [0.15, 0.2) is 18.2 Å². The van der Waals surface area contributed by atoms with Crippen LogP contribution in [0.1, 0.15) is 6.92 Å². The number of allylic oxidation sites excluding steroid dienone is 1. The first-order valence-electron chi connectivity index (χ1n) is 4.72. The molecular weight excluding hydrogens is 194 g/mol. The fourth-order valence-corrected chi connectivity index (χ4v) is 1.09. The molecule has 0 aliphatic rings. The number of aromatic nitrogens is 1. The Hall–Kier alpha value is -1.84. The van der Waals surface area contributed by atoms with Crippen molar-refractivity contribution in [3.63, 3.8) is 0 Å². The minimum atomic E-state index is -0.522. The Balaban J connectivity index is 2.55. The van der Waals surface area contributed by atoms with E-state index in [0.717, 1.165) is 6.08 Å². The molecule has 0 aliphatic carbocycles. The molecule has 80 valence electrons. The first kappa shape index (κ1) is 11.2. The molecule has 0 saturated carbocycles. The lowest BCUT2D eigenvalue weighted by Crippen LogP contribution is -2.33. The number of aliphatic hydroxyl groups excluding tert-OH is 1. The summed E-state index contributed by atoms with van der Waals surface area (Å²) >= 11 is 0. The van der Waals surface area contributed by atoms with Gasteiger partial charge in [-0.1, -0.05) is 6.07 Å². The van der Waals surface area contributed by atoms with E-state index in [1.54, 1.807) is 23.9 Å². The molecule has 1 heterocycles. The molecular formula is C11H14NO3+. The monoisotopic (exact) mass is 208 g/mol. The van der Waals surface area contributed by atoms with Crippen LogP contribution in [0.25, 0.3) is 0 Å². The van der Waals surface area contributed by atoms with Gasteiger partial charge in [-0.05, 0) is 6.92 Å². The van der Waals surface area contributed by atoms with Crippen LogP contribution in [0.3, 0.4) is 0 Å². The number of aliphatic hydroxyl groups is 1. The molecule has 1 N–H and O–H groups in total. The Kier molecular flexibility index (Phi) is 4.34. The summed E-state index contributed by atoms with van der Waals surface area (Å²) in [4.78, 5) is 11.0. The van der Waals surface area contributed by atoms with E-state index >= 15 is 0 Å². The van der Waals surface area contributed by atoms with Crippen molar-refractivity contribution >= 4 is 5.97 Å². The highest BCUT2D eigenvalue weighted by atomic mass is 16.5. The van der Waals surface area contributed by atoms with Crippen LogP contribution in [0.2, 0.25) is 0 Å². The van der Waals surface area contributed by atoms with Crippen molar-refractivity contribution in [2.24, 2.45) is 0 Å². The van der Waals surface area contributed by atoms with Crippen LogP contribution in [0.15, 0.2) is 42.4 Å². The molecule has 0 amide bonds. The summed E-state index contributed by atoms with van der Waals surface area (Å²) in [5.41, 5.74) is 0. The fourth-order valence-electron chi connectivity index (χ4n) is 1.09. The van der Waals surface area contributed by atoms with Gasteiger partial charge in [-0.3, -0.25) is 0 Å². The van der Waals surface area contributed by atoms with Crippen molar-refractivity contribution in [2.75, 3.05) is 6.61 Å². The molecule has 0 aromatic carbocycles. The molecule has 0 aliphatic heterocycles. The standard InChI is InChI=1S/C11H13NO3/c1-2-15-11(14)8-10(13)9-12-6-4-3-5-7-12/h3-8H,2,9H2,1H3/p+1. The van der Waals surface area contributed by atoms with Crippen LogP contribution in [0.4, 0.5) is 0 Å². The molecule has 0 radical (unpaired) electrons. The van der Waals surface area contributed by atoms with E-state index < -0.39 is 5.97 Å². The number of hydrogen-bond acceptors (Lipinski definition) is 3. The molecule has 0 spiro atoms. The Bertz CT molecular complexity index is 346. The molecule has 0 fully saturated rings. The van der Waals surface area contributed by atoms with Crippen LogP contribution >= 0.6 is 0 Å². The molecule has 0 bridgehead atoms. The molecule has 0 saturated heterocycles. The maximum atomic E-state index is 11.0. The second-order valence-electron chi connectivity index (χ2n) is 2.94. The van der Waals surface area contributed by atoms with Crippen molar-refractivity contribution in [1.82, 2.24) is 0 Å². The molecule has 1 aromatic rings. The molecule has 0 atom stereocenters. The number of carbonyl (C=O) groups excluding carboxylic acids is 1. The predicted octanol–water partition coefficient (Wildman–Crippen LogP) is 0.979. The zero-order valence-corrected chi connectivity index (χ0v) is 8.59. The number of esters is 1. The Morgan fingerprint density at radius 3 is 2.67 bits per heavy atom. The van der Waals surface area contributed by atoms with Gasteiger partial charge in [0.05, 0.1) is 12.7 Å². The van der Waals surface area contributed by atoms with E-state index in [4.69, 9.17) is 0 Å². The topological polar surface area (TPSA) is 50.4 Å². The van der Waals surface area contributed by atoms with Gasteiger partial charge in [0.1, 0.15) is 0 Å². The highest BCUT2D eigenvalue weighted by molar-refractivity contribution is 5.82. The van der Waals surface area contributed by atoms with E-state index in [0.29, 0.717) is 6.61 Å². The average molecular weight is 208 g/mol. The van der Waals surface area contributed by atoms with E-state index in [-0.39, 0.29) is 12.3 Å². The highest BCUT2D eigenvalue weighted by Gasteiger charge is 2.05. The summed E-state index contributed by atoms with van der Waals surface area (Å²) in [6, 6.07) is 5.57. The summed E-state index contributed by atoms with van der Waals surface area (Å²) in [7, 11) is 0. The third-order valence-corrected chi connectivity index (χ3v) is 1.69. The first-order chi connectivity index (χ1) is 7.22. The van der Waals surface area contributed by atoms with Gasteiger partial charge >= 0.3 is 5.97 Å². The average Bonchev–Trinajstić information content (AvgIpc) is 2.19. The van der Waals surface area contributed by atoms with Gasteiger partial charge in [0.25, 0.3) is 0 Å². The second kappa shape index (κ2) is 5.80. The number of rotatable bonds is 4. The van der Waals surface area contributed by atoms with Crippen molar-refractivity contribution in [1.29, 1.82) is 0 Å². The minimum absolute atomic E-state index is 0.0235. The summed E-state index contributed by atoms with van der Waals surface area (Å²) < 4.78 is 6.42. The second-order valence-corrected chi connectivity index (χ2v) is 2.94. The van der Waals surface area contributed by atoms with Crippen LogP contribution in [-0.2, 0) is 16.1 Å². The number of ether oxygens (including phenoxy) is 1. The molecule has 1 rings (SSSR count). The van der Waals surface area contributed by atoms with Crippen LogP contribution < -0.4 is 4.57 Å². The number of carbonyl (C=O) groups is 1. The maximum absolute atomic E-state index is 11.0. The fraction of sp³-hybridized carbons (Fsp3) is 0.273. The molecule has 1 aromatic heterocycles. The third kappa shape index (κ3) is 4.26. The van der Waals surface area contributed by atoms with Crippen molar-refractivity contribution in [3.05, 3.63) is 42.4 Å². The SMILES string of the molecule is CCOC(=O)/C=C(\O)C[n+]1ccccc1. The summed E-state index contributed by atoms with van der Waals surface area (Å²) in [6.07, 6.45) is 4.69. The van der Waals surface area contributed by atoms with Gasteiger partial charge in [0.2, 0.25) is 6.54 Å². The van der Waals surface area contributed by atoms with E-state index in [1.165, 1.54) is 0 Å². The predicted molar refractivity (Wildman–Crippen MR) is 54.0 cm³/mol. The zero-order valence-electron chi connectivity index (χ0n) is 8.59. The van der Waals surface area contributed by atoms with Gasteiger partial charge < -0.3 is 9.84 Å². The molecule has 15 heavy (non-hydrogen) atoms. The molecule has 0 unspecified atom stereocenters. The Morgan fingerprint density at radius 1 is 1.40 bits per heavy atom. The summed E-state index contributed by atoms with van der Waals surface area (Å²) in [5.74, 6) is -0.545. The van der Waals surface area contributed by atoms with Crippen molar-refractivity contribution in [2.45, 2.75) is 13.5 Å². The lowest BCUT2D eigenvalue weighted by atomic mass is 10.4. The van der Waals surface area contributed by atoms with E-state index in [1.807, 2.05) is 18.2 Å². The number of hydrogen-bond donors (Lipinski definition) is 1. The van der Waals surface area contributed by atoms with Gasteiger partial charge in [-0.2, -0.15) is 4.57 Å².